The quantitative estimate of drug-likeness (QED) is 0.726. The first-order valence-electron chi connectivity index (χ1n) is 8.33. The summed E-state index contributed by atoms with van der Waals surface area (Å²) in [4.78, 5) is 14.1. The van der Waals surface area contributed by atoms with E-state index in [1.165, 1.54) is 24.1 Å². The van der Waals surface area contributed by atoms with E-state index < -0.39 is 6.36 Å². The first-order valence-corrected chi connectivity index (χ1v) is 9.10. The Morgan fingerprint density at radius 2 is 1.68 bits per heavy atom. The van der Waals surface area contributed by atoms with Crippen LogP contribution < -0.4 is 4.74 Å². The maximum Gasteiger partial charge on any atom is 0.573 e. The van der Waals surface area contributed by atoms with Crippen LogP contribution in [0.4, 0.5) is 13.2 Å². The molecule has 1 aromatic rings. The van der Waals surface area contributed by atoms with Crippen LogP contribution in [-0.4, -0.2) is 47.7 Å². The zero-order valence-corrected chi connectivity index (χ0v) is 15.8. The van der Waals surface area contributed by atoms with Gasteiger partial charge in [0.2, 0.25) is 5.91 Å². The molecule has 0 atom stereocenters. The molecule has 1 aliphatic rings. The SMILES string of the molecule is CC.CC(C)C(=O)N1CCN(Sc2ccccc2OC(F)(F)F)CC1. The number of rotatable bonds is 4. The smallest absolute Gasteiger partial charge is 0.405 e. The number of benzene rings is 1. The monoisotopic (exact) mass is 378 g/mol. The summed E-state index contributed by atoms with van der Waals surface area (Å²) in [7, 11) is 0. The number of nitrogens with zero attached hydrogens (tertiary/aromatic N) is 2. The number of hydrogen-bond acceptors (Lipinski definition) is 4. The minimum absolute atomic E-state index is 0.0462. The predicted molar refractivity (Wildman–Crippen MR) is 93.3 cm³/mol. The fraction of sp³-hybridized carbons (Fsp3) is 0.588. The molecule has 1 heterocycles. The average Bonchev–Trinajstić information content (AvgIpc) is 2.57. The number of halogens is 3. The van der Waals surface area contributed by atoms with E-state index in [1.54, 1.807) is 17.0 Å². The van der Waals surface area contributed by atoms with E-state index in [0.29, 0.717) is 31.1 Å². The third-order valence-electron chi connectivity index (χ3n) is 3.35. The highest BCUT2D eigenvalue weighted by Crippen LogP contribution is 2.35. The van der Waals surface area contributed by atoms with Gasteiger partial charge in [-0.2, -0.15) is 0 Å². The molecule has 0 saturated carbocycles. The molecule has 2 rings (SSSR count). The summed E-state index contributed by atoms with van der Waals surface area (Å²) in [5, 5.41) is 0. The van der Waals surface area contributed by atoms with Crippen molar-refractivity contribution in [3.05, 3.63) is 24.3 Å². The molecule has 25 heavy (non-hydrogen) atoms. The predicted octanol–water partition coefficient (Wildman–Crippen LogP) is 4.42. The Morgan fingerprint density at radius 1 is 1.12 bits per heavy atom. The fourth-order valence-electron chi connectivity index (χ4n) is 2.24. The van der Waals surface area contributed by atoms with Crippen molar-refractivity contribution >= 4 is 17.9 Å². The third-order valence-corrected chi connectivity index (χ3v) is 4.50. The van der Waals surface area contributed by atoms with E-state index in [1.807, 2.05) is 32.0 Å². The highest BCUT2D eigenvalue weighted by atomic mass is 32.2. The Kier molecular flexibility index (Phi) is 8.58. The lowest BCUT2D eigenvalue weighted by atomic mass is 10.2. The summed E-state index contributed by atoms with van der Waals surface area (Å²) >= 11 is 1.22. The number of ether oxygens (including phenoxy) is 1. The van der Waals surface area contributed by atoms with Crippen LogP contribution in [0, 0.1) is 5.92 Å². The van der Waals surface area contributed by atoms with Gasteiger partial charge in [-0.15, -0.1) is 13.2 Å². The van der Waals surface area contributed by atoms with Crippen LogP contribution in [0.5, 0.6) is 5.75 Å². The summed E-state index contributed by atoms with van der Waals surface area (Å²) in [6.07, 6.45) is -4.71. The van der Waals surface area contributed by atoms with E-state index in [0.717, 1.165) is 0 Å². The highest BCUT2D eigenvalue weighted by molar-refractivity contribution is 7.97. The van der Waals surface area contributed by atoms with Crippen molar-refractivity contribution in [2.45, 2.75) is 39.0 Å². The molecule has 1 fully saturated rings. The van der Waals surface area contributed by atoms with Crippen molar-refractivity contribution in [3.8, 4) is 5.75 Å². The van der Waals surface area contributed by atoms with Gasteiger partial charge in [0, 0.05) is 32.1 Å². The lowest BCUT2D eigenvalue weighted by Crippen LogP contribution is -2.47. The van der Waals surface area contributed by atoms with Crippen LogP contribution in [0.1, 0.15) is 27.7 Å². The molecular formula is C17H25F3N2O2S. The van der Waals surface area contributed by atoms with Gasteiger partial charge in [0.25, 0.3) is 0 Å². The van der Waals surface area contributed by atoms with Gasteiger partial charge in [-0.25, -0.2) is 4.31 Å². The molecule has 0 bridgehead atoms. The zero-order chi connectivity index (χ0) is 19.0. The van der Waals surface area contributed by atoms with Crippen LogP contribution in [0.25, 0.3) is 0 Å². The topological polar surface area (TPSA) is 32.8 Å². The van der Waals surface area contributed by atoms with E-state index in [-0.39, 0.29) is 17.6 Å². The molecule has 142 valence electrons. The third kappa shape index (κ3) is 7.15. The number of alkyl halides is 3. The Bertz CT molecular complexity index is 545. The van der Waals surface area contributed by atoms with Crippen LogP contribution in [-0.2, 0) is 4.79 Å². The summed E-state index contributed by atoms with van der Waals surface area (Å²) in [6.45, 7) is 10.1. The highest BCUT2D eigenvalue weighted by Gasteiger charge is 2.32. The molecule has 0 spiro atoms. The standard InChI is InChI=1S/C15H19F3N2O2S.C2H6/c1-11(2)14(21)19-7-9-20(10-8-19)23-13-6-4-3-5-12(13)22-15(16,17)18;1-2/h3-6,11H,7-10H2,1-2H3;1-2H3. The van der Waals surface area contributed by atoms with E-state index in [4.69, 9.17) is 0 Å². The van der Waals surface area contributed by atoms with Crippen molar-refractivity contribution < 1.29 is 22.7 Å². The lowest BCUT2D eigenvalue weighted by Gasteiger charge is -2.34. The van der Waals surface area contributed by atoms with Crippen LogP contribution in [0.3, 0.4) is 0 Å². The Morgan fingerprint density at radius 3 is 2.20 bits per heavy atom. The van der Waals surface area contributed by atoms with Gasteiger partial charge in [0.1, 0.15) is 5.75 Å². The van der Waals surface area contributed by atoms with E-state index in [2.05, 4.69) is 4.74 Å². The van der Waals surface area contributed by atoms with Crippen LogP contribution in [0.15, 0.2) is 29.2 Å². The van der Waals surface area contributed by atoms with Crippen molar-refractivity contribution in [3.63, 3.8) is 0 Å². The fourth-order valence-corrected chi connectivity index (χ4v) is 3.20. The largest absolute Gasteiger partial charge is 0.573 e. The van der Waals surface area contributed by atoms with Gasteiger partial charge in [-0.05, 0) is 24.1 Å². The van der Waals surface area contributed by atoms with Crippen molar-refractivity contribution in [2.75, 3.05) is 26.2 Å². The number of carbonyl (C=O) groups is 1. The van der Waals surface area contributed by atoms with Crippen LogP contribution >= 0.6 is 11.9 Å². The van der Waals surface area contributed by atoms with Crippen molar-refractivity contribution in [2.24, 2.45) is 5.92 Å². The second kappa shape index (κ2) is 9.91. The summed E-state index contributed by atoms with van der Waals surface area (Å²) in [6, 6.07) is 6.07. The second-order valence-corrected chi connectivity index (χ2v) is 6.63. The summed E-state index contributed by atoms with van der Waals surface area (Å²) in [5.41, 5.74) is 0. The maximum absolute atomic E-state index is 12.4. The average molecular weight is 378 g/mol. The van der Waals surface area contributed by atoms with Crippen LogP contribution in [0.2, 0.25) is 0 Å². The summed E-state index contributed by atoms with van der Waals surface area (Å²) < 4.78 is 43.3. The minimum atomic E-state index is -4.71. The molecule has 0 N–H and O–H groups in total. The van der Waals surface area contributed by atoms with E-state index >= 15 is 0 Å². The normalized spacial score (nSPS) is 15.6. The van der Waals surface area contributed by atoms with Gasteiger partial charge < -0.3 is 9.64 Å². The molecule has 0 unspecified atom stereocenters. The van der Waals surface area contributed by atoms with Crippen molar-refractivity contribution in [1.82, 2.24) is 9.21 Å². The first-order chi connectivity index (χ1) is 11.8. The number of amides is 1. The number of hydrogen-bond donors (Lipinski definition) is 0. The molecule has 1 aliphatic heterocycles. The molecule has 1 aromatic carbocycles. The maximum atomic E-state index is 12.4. The van der Waals surface area contributed by atoms with Crippen molar-refractivity contribution in [1.29, 1.82) is 0 Å². The van der Waals surface area contributed by atoms with Gasteiger partial charge in [-0.1, -0.05) is 39.8 Å². The van der Waals surface area contributed by atoms with Gasteiger partial charge in [0.05, 0.1) is 4.90 Å². The van der Waals surface area contributed by atoms with Gasteiger partial charge in [-0.3, -0.25) is 4.79 Å². The molecular weight excluding hydrogens is 353 g/mol. The Hall–Kier alpha value is -1.41. The molecule has 0 aliphatic carbocycles. The molecule has 8 heteroatoms. The molecule has 0 radical (unpaired) electrons. The molecule has 1 saturated heterocycles. The lowest BCUT2D eigenvalue weighted by molar-refractivity contribution is -0.275. The number of carbonyl (C=O) groups excluding carboxylic acids is 1. The zero-order valence-electron chi connectivity index (χ0n) is 15.0. The Labute approximate surface area is 151 Å². The summed E-state index contributed by atoms with van der Waals surface area (Å²) in [5.74, 6) is -0.142. The number of piperazine rings is 1. The number of para-hydroxylation sites is 1. The molecule has 0 aromatic heterocycles. The minimum Gasteiger partial charge on any atom is -0.405 e. The molecule has 1 amide bonds. The van der Waals surface area contributed by atoms with Gasteiger partial charge in [0.15, 0.2) is 0 Å². The Balaban J connectivity index is 0.00000151. The molecule has 4 nitrogen and oxygen atoms in total. The van der Waals surface area contributed by atoms with Gasteiger partial charge >= 0.3 is 6.36 Å². The first kappa shape index (κ1) is 21.6. The second-order valence-electron chi connectivity index (χ2n) is 5.49. The van der Waals surface area contributed by atoms with E-state index in [9.17, 15) is 18.0 Å².